The van der Waals surface area contributed by atoms with Crippen LogP contribution in [0.25, 0.3) is 0 Å². The second kappa shape index (κ2) is 3.61. The summed E-state index contributed by atoms with van der Waals surface area (Å²) in [5.74, 6) is 0. The predicted octanol–water partition coefficient (Wildman–Crippen LogP) is 2.03. The lowest BCUT2D eigenvalue weighted by molar-refractivity contribution is 0.112. The van der Waals surface area contributed by atoms with Gasteiger partial charge in [-0.2, -0.15) is 5.11 Å². The molecule has 0 unspecified atom stereocenters. The third-order valence-electron chi connectivity index (χ3n) is 1.38. The first-order chi connectivity index (χ1) is 5.36. The summed E-state index contributed by atoms with van der Waals surface area (Å²) in [7, 11) is 0. The Bertz CT molecular complexity index is 253. The van der Waals surface area contributed by atoms with E-state index in [1.807, 2.05) is 0 Å². The fraction of sp³-hybridized carbons (Fsp3) is 0.125. The molecular formula is C8H8N2O. The fourth-order valence-electron chi connectivity index (χ4n) is 0.793. The van der Waals surface area contributed by atoms with E-state index >= 15 is 0 Å². The highest BCUT2D eigenvalue weighted by Gasteiger charge is 1.90. The number of aldehydes is 1. The van der Waals surface area contributed by atoms with Gasteiger partial charge in [0.2, 0.25) is 0 Å². The quantitative estimate of drug-likeness (QED) is 0.517. The van der Waals surface area contributed by atoms with E-state index in [-0.39, 0.29) is 0 Å². The molecule has 0 spiro atoms. The Morgan fingerprint density at radius 2 is 2.00 bits per heavy atom. The van der Waals surface area contributed by atoms with Gasteiger partial charge in [0.1, 0.15) is 6.29 Å². The molecule has 1 aromatic carbocycles. The van der Waals surface area contributed by atoms with Crippen molar-refractivity contribution >= 4 is 6.29 Å². The molecule has 0 atom stereocenters. The minimum absolute atomic E-state index is 0.388. The fourth-order valence-corrected chi connectivity index (χ4v) is 0.793. The molecule has 0 amide bonds. The minimum atomic E-state index is 0.388. The van der Waals surface area contributed by atoms with E-state index in [2.05, 4.69) is 5.11 Å². The van der Waals surface area contributed by atoms with Crippen LogP contribution in [0.3, 0.4) is 0 Å². The third kappa shape index (κ3) is 1.97. The van der Waals surface area contributed by atoms with E-state index in [9.17, 15) is 4.79 Å². The Morgan fingerprint density at radius 3 is 2.45 bits per heavy atom. The van der Waals surface area contributed by atoms with Crippen LogP contribution < -0.4 is 0 Å². The molecule has 56 valence electrons. The Hall–Kier alpha value is -1.51. The molecule has 0 heterocycles. The molecule has 3 heteroatoms. The van der Waals surface area contributed by atoms with Gasteiger partial charge in [0.15, 0.2) is 0 Å². The van der Waals surface area contributed by atoms with Gasteiger partial charge in [-0.05, 0) is 5.56 Å². The van der Waals surface area contributed by atoms with E-state index in [0.717, 1.165) is 11.8 Å². The molecule has 0 bridgehead atoms. The molecule has 11 heavy (non-hydrogen) atoms. The average Bonchev–Trinajstić information content (AvgIpc) is 2.07. The number of carbonyl (C=O) groups is 1. The van der Waals surface area contributed by atoms with Crippen molar-refractivity contribution in [1.82, 2.24) is 0 Å². The number of hydrogen-bond donors (Lipinski definition) is 1. The van der Waals surface area contributed by atoms with Crippen molar-refractivity contribution < 1.29 is 4.79 Å². The number of nitrogens with zero attached hydrogens (tertiary/aromatic N) is 1. The van der Waals surface area contributed by atoms with E-state index in [4.69, 9.17) is 5.53 Å². The van der Waals surface area contributed by atoms with Gasteiger partial charge in [0.05, 0.1) is 6.54 Å². The maximum absolute atomic E-state index is 10.2. The Balaban J connectivity index is 2.81. The summed E-state index contributed by atoms with van der Waals surface area (Å²) >= 11 is 0. The summed E-state index contributed by atoms with van der Waals surface area (Å²) in [6, 6.07) is 7.02. The van der Waals surface area contributed by atoms with Gasteiger partial charge in [-0.25, -0.2) is 5.53 Å². The molecule has 1 N–H and O–H groups in total. The van der Waals surface area contributed by atoms with Crippen LogP contribution in [0.4, 0.5) is 0 Å². The van der Waals surface area contributed by atoms with Gasteiger partial charge >= 0.3 is 0 Å². The molecule has 0 aliphatic carbocycles. The summed E-state index contributed by atoms with van der Waals surface area (Å²) in [5.41, 5.74) is 8.20. The lowest BCUT2D eigenvalue weighted by atomic mass is 10.1. The van der Waals surface area contributed by atoms with Crippen LogP contribution in [-0.4, -0.2) is 6.29 Å². The highest BCUT2D eigenvalue weighted by atomic mass is 16.1. The Kier molecular flexibility index (Phi) is 2.49. The molecule has 3 nitrogen and oxygen atoms in total. The molecule has 0 saturated heterocycles. The van der Waals surface area contributed by atoms with Crippen LogP contribution in [0.2, 0.25) is 0 Å². The zero-order chi connectivity index (χ0) is 8.10. The summed E-state index contributed by atoms with van der Waals surface area (Å²) in [5, 5.41) is 3.22. The molecule has 0 aliphatic rings. The van der Waals surface area contributed by atoms with Crippen LogP contribution in [0.15, 0.2) is 29.4 Å². The number of benzene rings is 1. The van der Waals surface area contributed by atoms with Gasteiger partial charge in [0.25, 0.3) is 0 Å². The molecule has 1 rings (SSSR count). The average molecular weight is 148 g/mol. The molecule has 0 saturated carbocycles. The standard InChI is InChI=1S/C8H8N2O/c9-10-5-7-1-3-8(6-11)4-2-7/h1-4,6,9H,5H2. The molecular weight excluding hydrogens is 140 g/mol. The van der Waals surface area contributed by atoms with Crippen LogP contribution in [0, 0.1) is 5.53 Å². The second-order valence-corrected chi connectivity index (χ2v) is 2.18. The van der Waals surface area contributed by atoms with Crippen molar-refractivity contribution in [3.8, 4) is 0 Å². The minimum Gasteiger partial charge on any atom is -0.298 e. The van der Waals surface area contributed by atoms with Crippen LogP contribution in [0.1, 0.15) is 15.9 Å². The lowest BCUT2D eigenvalue weighted by Gasteiger charge is -1.93. The van der Waals surface area contributed by atoms with Crippen LogP contribution in [0.5, 0.6) is 0 Å². The van der Waals surface area contributed by atoms with Crippen LogP contribution >= 0.6 is 0 Å². The molecule has 1 aromatic rings. The zero-order valence-corrected chi connectivity index (χ0v) is 5.95. The second-order valence-electron chi connectivity index (χ2n) is 2.18. The molecule has 0 aromatic heterocycles. The van der Waals surface area contributed by atoms with Gasteiger partial charge in [-0.1, -0.05) is 24.3 Å². The third-order valence-corrected chi connectivity index (χ3v) is 1.38. The normalized spacial score (nSPS) is 9.09. The van der Waals surface area contributed by atoms with E-state index in [1.54, 1.807) is 24.3 Å². The van der Waals surface area contributed by atoms with Crippen molar-refractivity contribution in [3.63, 3.8) is 0 Å². The Morgan fingerprint density at radius 1 is 1.36 bits per heavy atom. The van der Waals surface area contributed by atoms with E-state index in [1.165, 1.54) is 0 Å². The zero-order valence-electron chi connectivity index (χ0n) is 5.95. The monoisotopic (exact) mass is 148 g/mol. The Labute approximate surface area is 64.6 Å². The molecule has 0 aliphatic heterocycles. The van der Waals surface area contributed by atoms with Crippen molar-refractivity contribution in [2.24, 2.45) is 5.11 Å². The number of rotatable bonds is 3. The van der Waals surface area contributed by atoms with Crippen molar-refractivity contribution in [1.29, 1.82) is 5.53 Å². The van der Waals surface area contributed by atoms with Gasteiger partial charge in [-0.3, -0.25) is 4.79 Å². The predicted molar refractivity (Wildman–Crippen MR) is 40.7 cm³/mol. The SMILES string of the molecule is N=NCc1ccc(C=O)cc1. The van der Waals surface area contributed by atoms with Crippen molar-refractivity contribution in [2.75, 3.05) is 0 Å². The van der Waals surface area contributed by atoms with Gasteiger partial charge in [-0.15, -0.1) is 0 Å². The van der Waals surface area contributed by atoms with Crippen molar-refractivity contribution in [2.45, 2.75) is 6.54 Å². The summed E-state index contributed by atoms with van der Waals surface area (Å²) in [6.45, 7) is 0.388. The maximum atomic E-state index is 10.2. The highest BCUT2D eigenvalue weighted by Crippen LogP contribution is 2.03. The first-order valence-electron chi connectivity index (χ1n) is 3.24. The first kappa shape index (κ1) is 7.60. The number of carbonyl (C=O) groups excluding carboxylic acids is 1. The van der Waals surface area contributed by atoms with Gasteiger partial charge in [0, 0.05) is 5.56 Å². The maximum Gasteiger partial charge on any atom is 0.150 e. The summed E-state index contributed by atoms with van der Waals surface area (Å²) in [4.78, 5) is 10.2. The highest BCUT2D eigenvalue weighted by molar-refractivity contribution is 5.74. The summed E-state index contributed by atoms with van der Waals surface area (Å²) < 4.78 is 0. The van der Waals surface area contributed by atoms with Gasteiger partial charge < -0.3 is 0 Å². The topological polar surface area (TPSA) is 53.3 Å². The number of nitrogens with one attached hydrogen (secondary N) is 1. The largest absolute Gasteiger partial charge is 0.298 e. The number of hydrogen-bond acceptors (Lipinski definition) is 3. The smallest absolute Gasteiger partial charge is 0.150 e. The van der Waals surface area contributed by atoms with Crippen molar-refractivity contribution in [3.05, 3.63) is 35.4 Å². The van der Waals surface area contributed by atoms with E-state index in [0.29, 0.717) is 12.1 Å². The summed E-state index contributed by atoms with van der Waals surface area (Å²) in [6.07, 6.45) is 0.793. The lowest BCUT2D eigenvalue weighted by Crippen LogP contribution is -1.82. The molecule has 0 radical (unpaired) electrons. The van der Waals surface area contributed by atoms with E-state index < -0.39 is 0 Å². The molecule has 0 fully saturated rings. The first-order valence-corrected chi connectivity index (χ1v) is 3.24. The van der Waals surface area contributed by atoms with Crippen LogP contribution in [-0.2, 0) is 6.54 Å².